The Morgan fingerprint density at radius 3 is 2.60 bits per heavy atom. The molecule has 5 nitrogen and oxygen atoms in total. The number of hydrogen-bond acceptors (Lipinski definition) is 5. The van der Waals surface area contributed by atoms with Gasteiger partial charge in [-0.15, -0.1) is 0 Å². The predicted molar refractivity (Wildman–Crippen MR) is 123 cm³/mol. The smallest absolute Gasteiger partial charge is 0.224 e. The van der Waals surface area contributed by atoms with Crippen LogP contribution in [0.5, 0.6) is 0 Å². The summed E-state index contributed by atoms with van der Waals surface area (Å²) in [7, 11) is 0. The van der Waals surface area contributed by atoms with Crippen LogP contribution < -0.4 is 10.6 Å². The highest BCUT2D eigenvalue weighted by molar-refractivity contribution is 7.17. The molecule has 0 aliphatic heterocycles. The Kier molecular flexibility index (Phi) is 7.99. The third-order valence-corrected chi connectivity index (χ3v) is 5.81. The maximum Gasteiger partial charge on any atom is 0.224 e. The molecule has 0 bridgehead atoms. The van der Waals surface area contributed by atoms with Crippen LogP contribution in [-0.4, -0.2) is 29.8 Å². The van der Waals surface area contributed by atoms with Gasteiger partial charge in [0.2, 0.25) is 11.7 Å². The van der Waals surface area contributed by atoms with E-state index in [1.54, 1.807) is 18.3 Å². The van der Waals surface area contributed by atoms with Crippen LogP contribution in [0.25, 0.3) is 0 Å². The molecule has 2 aromatic carbocycles. The van der Waals surface area contributed by atoms with Crippen molar-refractivity contribution in [1.29, 1.82) is 0 Å². The lowest BCUT2D eigenvalue weighted by Crippen LogP contribution is -2.27. The lowest BCUT2D eigenvalue weighted by Gasteiger charge is -2.06. The molecule has 0 spiro atoms. The molecule has 0 unspecified atom stereocenters. The zero-order valence-corrected chi connectivity index (χ0v) is 18.4. The van der Waals surface area contributed by atoms with E-state index < -0.39 is 0 Å². The SMILES string of the molecule is CCc1ccccc1C(=O)c1cnc(NCCCNC(=O)Cc2ccc(Cl)cc2)s1. The molecule has 1 amide bonds. The number of rotatable bonds is 10. The number of nitrogens with zero attached hydrogens (tertiary/aromatic N) is 1. The zero-order valence-electron chi connectivity index (χ0n) is 16.8. The highest BCUT2D eigenvalue weighted by Crippen LogP contribution is 2.23. The van der Waals surface area contributed by atoms with Gasteiger partial charge in [0.15, 0.2) is 5.13 Å². The second-order valence-electron chi connectivity index (χ2n) is 6.80. The van der Waals surface area contributed by atoms with E-state index >= 15 is 0 Å². The van der Waals surface area contributed by atoms with Crippen molar-refractivity contribution in [3.8, 4) is 0 Å². The third-order valence-electron chi connectivity index (χ3n) is 4.60. The van der Waals surface area contributed by atoms with Gasteiger partial charge in [0.05, 0.1) is 17.5 Å². The Labute approximate surface area is 185 Å². The normalized spacial score (nSPS) is 10.6. The maximum atomic E-state index is 12.7. The van der Waals surface area contributed by atoms with Gasteiger partial charge in [0.1, 0.15) is 0 Å². The highest BCUT2D eigenvalue weighted by Gasteiger charge is 2.15. The van der Waals surface area contributed by atoms with Crippen LogP contribution in [-0.2, 0) is 17.6 Å². The number of carbonyl (C=O) groups is 2. The minimum atomic E-state index is -0.0194. The van der Waals surface area contributed by atoms with Crippen LogP contribution in [0.1, 0.15) is 39.7 Å². The molecule has 0 aliphatic carbocycles. The molecule has 3 rings (SSSR count). The molecule has 1 aromatic heterocycles. The van der Waals surface area contributed by atoms with Crippen molar-refractivity contribution in [1.82, 2.24) is 10.3 Å². The first kappa shape index (κ1) is 22.0. The van der Waals surface area contributed by atoms with E-state index in [4.69, 9.17) is 11.6 Å². The summed E-state index contributed by atoms with van der Waals surface area (Å²) in [6, 6.07) is 14.9. The molecule has 1 heterocycles. The van der Waals surface area contributed by atoms with Crippen LogP contribution in [0, 0.1) is 0 Å². The van der Waals surface area contributed by atoms with E-state index in [2.05, 4.69) is 15.6 Å². The fourth-order valence-electron chi connectivity index (χ4n) is 3.01. The summed E-state index contributed by atoms with van der Waals surface area (Å²) < 4.78 is 0. The van der Waals surface area contributed by atoms with Crippen LogP contribution in [0.15, 0.2) is 54.7 Å². The van der Waals surface area contributed by atoms with Gasteiger partial charge in [-0.2, -0.15) is 0 Å². The van der Waals surface area contributed by atoms with Gasteiger partial charge in [0, 0.05) is 23.7 Å². The van der Waals surface area contributed by atoms with Gasteiger partial charge in [-0.25, -0.2) is 4.98 Å². The summed E-state index contributed by atoms with van der Waals surface area (Å²) in [6.45, 7) is 3.27. The van der Waals surface area contributed by atoms with E-state index in [1.165, 1.54) is 11.3 Å². The molecule has 0 saturated carbocycles. The lowest BCUT2D eigenvalue weighted by molar-refractivity contribution is -0.120. The largest absolute Gasteiger partial charge is 0.361 e. The third kappa shape index (κ3) is 6.15. The summed E-state index contributed by atoms with van der Waals surface area (Å²) in [5.41, 5.74) is 2.71. The number of aromatic nitrogens is 1. The number of nitrogens with one attached hydrogen (secondary N) is 2. The first-order valence-electron chi connectivity index (χ1n) is 9.90. The number of amides is 1. The Bertz CT molecular complexity index is 1000. The molecular formula is C23H24ClN3O2S. The molecule has 0 fully saturated rings. The summed E-state index contributed by atoms with van der Waals surface area (Å²) in [5, 5.41) is 7.49. The molecular weight excluding hydrogens is 418 g/mol. The summed E-state index contributed by atoms with van der Waals surface area (Å²) in [6.07, 6.45) is 3.53. The summed E-state index contributed by atoms with van der Waals surface area (Å²) >= 11 is 7.20. The fourth-order valence-corrected chi connectivity index (χ4v) is 3.93. The second kappa shape index (κ2) is 10.9. The molecule has 2 N–H and O–H groups in total. The minimum absolute atomic E-state index is 0.00691. The van der Waals surface area contributed by atoms with Crippen LogP contribution in [0.4, 0.5) is 5.13 Å². The molecule has 3 aromatic rings. The standard InChI is InChI=1S/C23H24ClN3O2S/c1-2-17-6-3-4-7-19(17)22(29)20-15-27-23(30-20)26-13-5-12-25-21(28)14-16-8-10-18(24)11-9-16/h3-4,6-11,15H,2,5,12-14H2,1H3,(H,25,28)(H,26,27). The molecule has 0 aliphatic rings. The van der Waals surface area contributed by atoms with E-state index in [-0.39, 0.29) is 11.7 Å². The first-order valence-corrected chi connectivity index (χ1v) is 11.1. The van der Waals surface area contributed by atoms with Crippen molar-refractivity contribution in [3.05, 3.63) is 81.3 Å². The monoisotopic (exact) mass is 441 g/mol. The summed E-state index contributed by atoms with van der Waals surface area (Å²) in [4.78, 5) is 29.7. The predicted octanol–water partition coefficient (Wildman–Crippen LogP) is 4.75. The number of aryl methyl sites for hydroxylation is 1. The first-order chi connectivity index (χ1) is 14.6. The summed E-state index contributed by atoms with van der Waals surface area (Å²) in [5.74, 6) is -0.0125. The minimum Gasteiger partial charge on any atom is -0.361 e. The van der Waals surface area contributed by atoms with Gasteiger partial charge in [-0.05, 0) is 36.1 Å². The highest BCUT2D eigenvalue weighted by atomic mass is 35.5. The number of anilines is 1. The van der Waals surface area contributed by atoms with Crippen LogP contribution >= 0.6 is 22.9 Å². The number of ketones is 1. The van der Waals surface area contributed by atoms with Gasteiger partial charge in [-0.3, -0.25) is 9.59 Å². The quantitative estimate of drug-likeness (QED) is 0.352. The van der Waals surface area contributed by atoms with Crippen molar-refractivity contribution in [3.63, 3.8) is 0 Å². The number of benzene rings is 2. The van der Waals surface area contributed by atoms with Gasteiger partial charge in [0.25, 0.3) is 0 Å². The molecule has 156 valence electrons. The molecule has 0 atom stereocenters. The van der Waals surface area contributed by atoms with E-state index in [9.17, 15) is 9.59 Å². The second-order valence-corrected chi connectivity index (χ2v) is 8.27. The zero-order chi connectivity index (χ0) is 21.3. The number of carbonyl (C=O) groups excluding carboxylic acids is 2. The Morgan fingerprint density at radius 1 is 1.07 bits per heavy atom. The average molecular weight is 442 g/mol. The number of thiazole rings is 1. The van der Waals surface area contributed by atoms with Gasteiger partial charge < -0.3 is 10.6 Å². The Balaban J connectivity index is 1.41. The number of hydrogen-bond donors (Lipinski definition) is 2. The lowest BCUT2D eigenvalue weighted by atomic mass is 10.0. The molecule has 7 heteroatoms. The van der Waals surface area contributed by atoms with Gasteiger partial charge in [-0.1, -0.05) is 66.3 Å². The fraction of sp³-hybridized carbons (Fsp3) is 0.261. The molecule has 0 saturated heterocycles. The molecule has 0 radical (unpaired) electrons. The average Bonchev–Trinajstić information content (AvgIpc) is 3.23. The van der Waals surface area contributed by atoms with Crippen molar-refractivity contribution >= 4 is 39.8 Å². The van der Waals surface area contributed by atoms with Gasteiger partial charge >= 0.3 is 0 Å². The van der Waals surface area contributed by atoms with Crippen molar-refractivity contribution in [2.24, 2.45) is 0 Å². The van der Waals surface area contributed by atoms with Crippen molar-refractivity contribution in [2.45, 2.75) is 26.2 Å². The van der Waals surface area contributed by atoms with E-state index in [0.717, 1.165) is 29.5 Å². The Hall–Kier alpha value is -2.70. The molecule has 30 heavy (non-hydrogen) atoms. The van der Waals surface area contributed by atoms with Crippen LogP contribution in [0.2, 0.25) is 5.02 Å². The topological polar surface area (TPSA) is 71.1 Å². The van der Waals surface area contributed by atoms with E-state index in [0.29, 0.717) is 34.5 Å². The number of halogens is 1. The van der Waals surface area contributed by atoms with E-state index in [1.807, 2.05) is 43.3 Å². The van der Waals surface area contributed by atoms with Crippen molar-refractivity contribution < 1.29 is 9.59 Å². The van der Waals surface area contributed by atoms with Crippen LogP contribution in [0.3, 0.4) is 0 Å². The van der Waals surface area contributed by atoms with Crippen molar-refractivity contribution in [2.75, 3.05) is 18.4 Å². The maximum absolute atomic E-state index is 12.7. The Morgan fingerprint density at radius 2 is 1.83 bits per heavy atom.